The van der Waals surface area contributed by atoms with Crippen LogP contribution in [0.3, 0.4) is 0 Å². The standard InChI is InChI=1S/C21H26/c1-17-7-9-18(10-8-17)11-12-19-13-15-21(16-14-19)20-5-3-2-4-6-20/h2-6,13-18H,7-12H2,1H3. The second-order valence-electron chi connectivity index (χ2n) is 6.73. The quantitative estimate of drug-likeness (QED) is 0.632. The summed E-state index contributed by atoms with van der Waals surface area (Å²) in [5, 5.41) is 0. The van der Waals surface area contributed by atoms with Crippen molar-refractivity contribution in [3.05, 3.63) is 60.2 Å². The normalized spacial score (nSPS) is 22.1. The molecule has 1 saturated carbocycles. The van der Waals surface area contributed by atoms with Crippen LogP contribution in [-0.2, 0) is 6.42 Å². The average Bonchev–Trinajstić information content (AvgIpc) is 2.56. The Morgan fingerprint density at radius 1 is 0.762 bits per heavy atom. The molecule has 0 aliphatic heterocycles. The van der Waals surface area contributed by atoms with E-state index in [-0.39, 0.29) is 0 Å². The zero-order valence-corrected chi connectivity index (χ0v) is 13.1. The SMILES string of the molecule is CC1CCC(CCc2ccc(-c3ccccc3)cc2)CC1. The summed E-state index contributed by atoms with van der Waals surface area (Å²) < 4.78 is 0. The lowest BCUT2D eigenvalue weighted by atomic mass is 9.80. The van der Waals surface area contributed by atoms with Gasteiger partial charge in [0.15, 0.2) is 0 Å². The van der Waals surface area contributed by atoms with Crippen molar-refractivity contribution in [3.63, 3.8) is 0 Å². The fourth-order valence-corrected chi connectivity index (χ4v) is 3.48. The van der Waals surface area contributed by atoms with Crippen LogP contribution in [0.15, 0.2) is 54.6 Å². The molecule has 0 unspecified atom stereocenters. The molecule has 3 rings (SSSR count). The van der Waals surface area contributed by atoms with Gasteiger partial charge < -0.3 is 0 Å². The van der Waals surface area contributed by atoms with Crippen molar-refractivity contribution in [3.8, 4) is 11.1 Å². The van der Waals surface area contributed by atoms with Gasteiger partial charge in [0.05, 0.1) is 0 Å². The fraction of sp³-hybridized carbons (Fsp3) is 0.429. The molecule has 0 heteroatoms. The molecule has 1 fully saturated rings. The third-order valence-corrected chi connectivity index (χ3v) is 5.04. The Balaban J connectivity index is 1.55. The summed E-state index contributed by atoms with van der Waals surface area (Å²) in [6, 6.07) is 19.8. The highest BCUT2D eigenvalue weighted by Crippen LogP contribution is 2.31. The minimum Gasteiger partial charge on any atom is -0.0625 e. The molecule has 0 heterocycles. The third-order valence-electron chi connectivity index (χ3n) is 5.04. The van der Waals surface area contributed by atoms with Crippen molar-refractivity contribution in [1.82, 2.24) is 0 Å². The first-order valence-corrected chi connectivity index (χ1v) is 8.45. The molecule has 2 aromatic carbocycles. The third kappa shape index (κ3) is 3.97. The second-order valence-corrected chi connectivity index (χ2v) is 6.73. The summed E-state index contributed by atoms with van der Waals surface area (Å²) in [4.78, 5) is 0. The van der Waals surface area contributed by atoms with Crippen LogP contribution in [0.25, 0.3) is 11.1 Å². The van der Waals surface area contributed by atoms with Gasteiger partial charge in [0.2, 0.25) is 0 Å². The molecule has 1 aliphatic carbocycles. The van der Waals surface area contributed by atoms with E-state index in [1.807, 2.05) is 0 Å². The van der Waals surface area contributed by atoms with Crippen LogP contribution in [0, 0.1) is 11.8 Å². The van der Waals surface area contributed by atoms with Gasteiger partial charge in [0.25, 0.3) is 0 Å². The topological polar surface area (TPSA) is 0 Å². The van der Waals surface area contributed by atoms with Gasteiger partial charge in [-0.15, -0.1) is 0 Å². The minimum absolute atomic E-state index is 0.964. The van der Waals surface area contributed by atoms with Gasteiger partial charge in [-0.3, -0.25) is 0 Å². The first-order chi connectivity index (χ1) is 10.3. The molecule has 1 aliphatic rings. The molecule has 0 nitrogen and oxygen atoms in total. The van der Waals surface area contributed by atoms with E-state index in [0.717, 1.165) is 11.8 Å². The largest absolute Gasteiger partial charge is 0.0625 e. The van der Waals surface area contributed by atoms with Gasteiger partial charge >= 0.3 is 0 Å². The maximum Gasteiger partial charge on any atom is -0.0184 e. The maximum atomic E-state index is 2.40. The Bertz CT molecular complexity index is 530. The van der Waals surface area contributed by atoms with E-state index in [4.69, 9.17) is 0 Å². The first kappa shape index (κ1) is 14.4. The highest BCUT2D eigenvalue weighted by atomic mass is 14.2. The summed E-state index contributed by atoms with van der Waals surface area (Å²) in [6.07, 6.45) is 8.40. The molecular weight excluding hydrogens is 252 g/mol. The Labute approximate surface area is 129 Å². The molecule has 0 bridgehead atoms. The first-order valence-electron chi connectivity index (χ1n) is 8.45. The Morgan fingerprint density at radius 3 is 2.05 bits per heavy atom. The number of benzene rings is 2. The predicted octanol–water partition coefficient (Wildman–Crippen LogP) is 6.11. The van der Waals surface area contributed by atoms with E-state index < -0.39 is 0 Å². The zero-order chi connectivity index (χ0) is 14.5. The number of rotatable bonds is 4. The van der Waals surface area contributed by atoms with Crippen molar-refractivity contribution >= 4 is 0 Å². The Kier molecular flexibility index (Phi) is 4.75. The van der Waals surface area contributed by atoms with Crippen molar-refractivity contribution in [2.24, 2.45) is 11.8 Å². The minimum atomic E-state index is 0.964. The smallest absolute Gasteiger partial charge is 0.0184 e. The van der Waals surface area contributed by atoms with Crippen LogP contribution in [0.5, 0.6) is 0 Å². The van der Waals surface area contributed by atoms with Crippen LogP contribution >= 0.6 is 0 Å². The molecule has 0 amide bonds. The van der Waals surface area contributed by atoms with Crippen LogP contribution in [0.1, 0.15) is 44.6 Å². The molecule has 0 N–H and O–H groups in total. The average molecular weight is 278 g/mol. The van der Waals surface area contributed by atoms with Crippen LogP contribution in [-0.4, -0.2) is 0 Å². The van der Waals surface area contributed by atoms with Gasteiger partial charge in [0, 0.05) is 0 Å². The summed E-state index contributed by atoms with van der Waals surface area (Å²) in [5.74, 6) is 1.93. The van der Waals surface area contributed by atoms with Crippen LogP contribution in [0.4, 0.5) is 0 Å². The van der Waals surface area contributed by atoms with E-state index in [9.17, 15) is 0 Å². The molecular formula is C21H26. The zero-order valence-electron chi connectivity index (χ0n) is 13.1. The Morgan fingerprint density at radius 2 is 1.38 bits per heavy atom. The lowest BCUT2D eigenvalue weighted by Gasteiger charge is -2.26. The van der Waals surface area contributed by atoms with Crippen molar-refractivity contribution < 1.29 is 0 Å². The lowest BCUT2D eigenvalue weighted by molar-refractivity contribution is 0.278. The van der Waals surface area contributed by atoms with Gasteiger partial charge in [0.1, 0.15) is 0 Å². The number of hydrogen-bond acceptors (Lipinski definition) is 0. The monoisotopic (exact) mass is 278 g/mol. The second kappa shape index (κ2) is 6.93. The van der Waals surface area contributed by atoms with Gasteiger partial charge in [-0.05, 0) is 41.4 Å². The van der Waals surface area contributed by atoms with Crippen molar-refractivity contribution in [2.45, 2.75) is 45.4 Å². The van der Waals surface area contributed by atoms with E-state index in [2.05, 4.69) is 61.5 Å². The maximum absolute atomic E-state index is 2.40. The summed E-state index contributed by atoms with van der Waals surface area (Å²) >= 11 is 0. The predicted molar refractivity (Wildman–Crippen MR) is 91.3 cm³/mol. The van der Waals surface area contributed by atoms with Crippen molar-refractivity contribution in [2.75, 3.05) is 0 Å². The summed E-state index contributed by atoms with van der Waals surface area (Å²) in [6.45, 7) is 2.40. The molecule has 0 saturated heterocycles. The number of aryl methyl sites for hydroxylation is 1. The van der Waals surface area contributed by atoms with Crippen LogP contribution < -0.4 is 0 Å². The lowest BCUT2D eigenvalue weighted by Crippen LogP contribution is -2.12. The molecule has 2 aromatic rings. The summed E-state index contributed by atoms with van der Waals surface area (Å²) in [7, 11) is 0. The molecule has 0 aromatic heterocycles. The van der Waals surface area contributed by atoms with Gasteiger partial charge in [-0.2, -0.15) is 0 Å². The highest BCUT2D eigenvalue weighted by Gasteiger charge is 2.17. The van der Waals surface area contributed by atoms with E-state index in [0.29, 0.717) is 0 Å². The van der Waals surface area contributed by atoms with E-state index >= 15 is 0 Å². The number of hydrogen-bond donors (Lipinski definition) is 0. The van der Waals surface area contributed by atoms with Crippen LogP contribution in [0.2, 0.25) is 0 Å². The molecule has 0 spiro atoms. The Hall–Kier alpha value is -1.56. The fourth-order valence-electron chi connectivity index (χ4n) is 3.48. The molecule has 0 radical (unpaired) electrons. The molecule has 110 valence electrons. The molecule has 0 atom stereocenters. The van der Waals surface area contributed by atoms with Crippen molar-refractivity contribution in [1.29, 1.82) is 0 Å². The van der Waals surface area contributed by atoms with E-state index in [1.54, 1.807) is 0 Å². The van der Waals surface area contributed by atoms with Gasteiger partial charge in [-0.25, -0.2) is 0 Å². The molecule has 21 heavy (non-hydrogen) atoms. The van der Waals surface area contributed by atoms with Gasteiger partial charge in [-0.1, -0.05) is 87.2 Å². The van der Waals surface area contributed by atoms with E-state index in [1.165, 1.54) is 55.2 Å². The highest BCUT2D eigenvalue weighted by molar-refractivity contribution is 5.63. The summed E-state index contributed by atoms with van der Waals surface area (Å²) in [5.41, 5.74) is 4.13.